The van der Waals surface area contributed by atoms with Gasteiger partial charge in [0.05, 0.1) is 17.1 Å². The van der Waals surface area contributed by atoms with Crippen molar-refractivity contribution in [3.8, 4) is 0 Å². The zero-order chi connectivity index (χ0) is 12.4. The summed E-state index contributed by atoms with van der Waals surface area (Å²) in [5.74, 6) is -1.71. The van der Waals surface area contributed by atoms with E-state index in [1.54, 1.807) is 31.2 Å². The molecule has 0 aliphatic carbocycles. The molecule has 1 aliphatic rings. The third kappa shape index (κ3) is 1.87. The zero-order valence-corrected chi connectivity index (χ0v) is 9.17. The first kappa shape index (κ1) is 11.2. The highest BCUT2D eigenvalue weighted by Crippen LogP contribution is 2.22. The van der Waals surface area contributed by atoms with Crippen molar-refractivity contribution in [3.05, 3.63) is 47.5 Å². The van der Waals surface area contributed by atoms with Gasteiger partial charge in [0.25, 0.3) is 11.8 Å². The fraction of sp³-hybridized carbons (Fsp3) is 0.167. The molecule has 0 spiro atoms. The fourth-order valence-corrected chi connectivity index (χ4v) is 1.61. The molecule has 0 saturated carbocycles. The zero-order valence-electron chi connectivity index (χ0n) is 9.17. The second kappa shape index (κ2) is 4.29. The topological polar surface area (TPSA) is 69.7 Å². The number of benzene rings is 1. The second-order valence-corrected chi connectivity index (χ2v) is 3.41. The van der Waals surface area contributed by atoms with Crippen molar-refractivity contribution in [3.63, 3.8) is 0 Å². The minimum atomic E-state index is -0.706. The van der Waals surface area contributed by atoms with Crippen LogP contribution in [0.3, 0.4) is 0 Å². The first-order valence-corrected chi connectivity index (χ1v) is 5.13. The minimum Gasteiger partial charge on any atom is -0.613 e. The Morgan fingerprint density at radius 3 is 2.29 bits per heavy atom. The molecule has 1 aromatic carbocycles. The SMILES string of the molecule is CCO/C([O-])=C/N1C(=O)c2ccccc2C1=O. The van der Waals surface area contributed by atoms with E-state index in [9.17, 15) is 14.7 Å². The molecule has 1 heterocycles. The van der Waals surface area contributed by atoms with Crippen molar-refractivity contribution in [1.29, 1.82) is 0 Å². The largest absolute Gasteiger partial charge is 0.613 e. The lowest BCUT2D eigenvalue weighted by Crippen LogP contribution is -2.26. The highest BCUT2D eigenvalue weighted by molar-refractivity contribution is 6.22. The van der Waals surface area contributed by atoms with Crippen LogP contribution in [0.15, 0.2) is 36.4 Å². The minimum absolute atomic E-state index is 0.193. The first-order valence-electron chi connectivity index (χ1n) is 5.13. The standard InChI is InChI=1S/C12H11NO4/c1-2-17-10(14)7-13-11(15)8-5-3-4-6-9(8)12(13)16/h3-7,14H,2H2,1H3/p-1/b10-7+. The van der Waals surface area contributed by atoms with Gasteiger partial charge >= 0.3 is 0 Å². The van der Waals surface area contributed by atoms with E-state index >= 15 is 0 Å². The molecule has 5 heteroatoms. The van der Waals surface area contributed by atoms with E-state index in [0.29, 0.717) is 11.1 Å². The molecule has 0 unspecified atom stereocenters. The van der Waals surface area contributed by atoms with Crippen LogP contribution >= 0.6 is 0 Å². The van der Waals surface area contributed by atoms with Crippen LogP contribution in [-0.2, 0) is 4.74 Å². The smallest absolute Gasteiger partial charge is 0.265 e. The van der Waals surface area contributed by atoms with E-state index < -0.39 is 17.8 Å². The summed E-state index contributed by atoms with van der Waals surface area (Å²) in [6.07, 6.45) is 0.883. The lowest BCUT2D eigenvalue weighted by molar-refractivity contribution is -0.357. The summed E-state index contributed by atoms with van der Waals surface area (Å²) >= 11 is 0. The van der Waals surface area contributed by atoms with Crippen LogP contribution in [0.25, 0.3) is 0 Å². The Morgan fingerprint density at radius 2 is 1.82 bits per heavy atom. The Morgan fingerprint density at radius 1 is 1.29 bits per heavy atom. The normalized spacial score (nSPS) is 15.1. The molecule has 1 aliphatic heterocycles. The number of fused-ring (bicyclic) bond motifs is 1. The predicted octanol–water partition coefficient (Wildman–Crippen LogP) is 0.478. The Hall–Kier alpha value is -2.30. The van der Waals surface area contributed by atoms with Crippen molar-refractivity contribution in [2.75, 3.05) is 6.61 Å². The van der Waals surface area contributed by atoms with Crippen molar-refractivity contribution in [2.24, 2.45) is 0 Å². The van der Waals surface area contributed by atoms with Gasteiger partial charge in [-0.25, -0.2) is 4.90 Å². The third-order valence-electron chi connectivity index (χ3n) is 2.35. The quantitative estimate of drug-likeness (QED) is 0.561. The van der Waals surface area contributed by atoms with Gasteiger partial charge in [0.2, 0.25) is 0 Å². The molecule has 1 aromatic rings. The maximum Gasteiger partial charge on any atom is 0.265 e. The van der Waals surface area contributed by atoms with Gasteiger partial charge in [-0.05, 0) is 18.7 Å². The molecular weight excluding hydrogens is 222 g/mol. The molecule has 0 N–H and O–H groups in total. The molecular formula is C12H10NO4-. The van der Waals surface area contributed by atoms with Gasteiger partial charge in [-0.3, -0.25) is 9.59 Å². The summed E-state index contributed by atoms with van der Waals surface area (Å²) in [5, 5.41) is 11.2. The molecule has 5 nitrogen and oxygen atoms in total. The summed E-state index contributed by atoms with van der Waals surface area (Å²) in [6, 6.07) is 6.43. The van der Waals surface area contributed by atoms with Gasteiger partial charge in [-0.15, -0.1) is 0 Å². The maximum atomic E-state index is 11.8. The molecule has 0 aromatic heterocycles. The number of imide groups is 1. The fourth-order valence-electron chi connectivity index (χ4n) is 1.61. The van der Waals surface area contributed by atoms with Gasteiger partial charge in [0, 0.05) is 6.20 Å². The van der Waals surface area contributed by atoms with E-state index in [2.05, 4.69) is 4.74 Å². The number of nitrogens with zero attached hydrogens (tertiary/aromatic N) is 1. The monoisotopic (exact) mass is 232 g/mol. The number of ether oxygens (including phenoxy) is 1. The van der Waals surface area contributed by atoms with E-state index in [-0.39, 0.29) is 6.61 Å². The number of carbonyl (C=O) groups is 2. The highest BCUT2D eigenvalue weighted by Gasteiger charge is 2.33. The molecule has 2 amide bonds. The van der Waals surface area contributed by atoms with Crippen LogP contribution in [0.1, 0.15) is 27.6 Å². The van der Waals surface area contributed by atoms with Gasteiger partial charge in [-0.2, -0.15) is 0 Å². The van der Waals surface area contributed by atoms with Crippen molar-refractivity contribution >= 4 is 11.8 Å². The lowest BCUT2D eigenvalue weighted by Gasteiger charge is -2.15. The first-order chi connectivity index (χ1) is 8.15. The number of rotatable bonds is 3. The van der Waals surface area contributed by atoms with E-state index in [1.807, 2.05) is 0 Å². The Bertz CT molecular complexity index is 472. The molecule has 0 fully saturated rings. The molecule has 88 valence electrons. The maximum absolute atomic E-state index is 11.8. The van der Waals surface area contributed by atoms with Crippen LogP contribution < -0.4 is 5.11 Å². The average Bonchev–Trinajstić information content (AvgIpc) is 2.56. The average molecular weight is 232 g/mol. The number of hydrogen-bond donors (Lipinski definition) is 0. The molecule has 2 rings (SSSR count). The van der Waals surface area contributed by atoms with Gasteiger partial charge < -0.3 is 9.84 Å². The summed E-state index contributed by atoms with van der Waals surface area (Å²) in [7, 11) is 0. The molecule has 0 atom stereocenters. The Kier molecular flexibility index (Phi) is 2.82. The van der Waals surface area contributed by atoms with Crippen molar-refractivity contribution in [1.82, 2.24) is 4.90 Å². The molecule has 17 heavy (non-hydrogen) atoms. The number of amides is 2. The van der Waals surface area contributed by atoms with Gasteiger partial charge in [0.1, 0.15) is 0 Å². The van der Waals surface area contributed by atoms with Crippen LogP contribution in [0.5, 0.6) is 0 Å². The Labute approximate surface area is 97.9 Å². The van der Waals surface area contributed by atoms with Gasteiger partial charge in [-0.1, -0.05) is 19.1 Å². The van der Waals surface area contributed by atoms with Crippen LogP contribution in [-0.4, -0.2) is 23.3 Å². The predicted molar refractivity (Wildman–Crippen MR) is 56.7 cm³/mol. The third-order valence-corrected chi connectivity index (χ3v) is 2.35. The molecule has 0 radical (unpaired) electrons. The van der Waals surface area contributed by atoms with E-state index in [0.717, 1.165) is 11.1 Å². The van der Waals surface area contributed by atoms with E-state index in [1.165, 1.54) is 0 Å². The summed E-state index contributed by atoms with van der Waals surface area (Å²) in [6.45, 7) is 1.84. The van der Waals surface area contributed by atoms with E-state index in [4.69, 9.17) is 0 Å². The highest BCUT2D eigenvalue weighted by atomic mass is 16.6. The van der Waals surface area contributed by atoms with Crippen molar-refractivity contribution < 1.29 is 19.4 Å². The van der Waals surface area contributed by atoms with Crippen LogP contribution in [0, 0.1) is 0 Å². The van der Waals surface area contributed by atoms with Crippen LogP contribution in [0.2, 0.25) is 0 Å². The lowest BCUT2D eigenvalue weighted by atomic mass is 10.1. The summed E-state index contributed by atoms with van der Waals surface area (Å²) in [5.41, 5.74) is 0.607. The molecule has 0 bridgehead atoms. The Balaban J connectivity index is 2.33. The molecule has 0 saturated heterocycles. The van der Waals surface area contributed by atoms with Gasteiger partial charge in [0.15, 0.2) is 0 Å². The number of carbonyl (C=O) groups excluding carboxylic acids is 2. The number of hydrogen-bond acceptors (Lipinski definition) is 4. The van der Waals surface area contributed by atoms with Crippen LogP contribution in [0.4, 0.5) is 0 Å². The second-order valence-electron chi connectivity index (χ2n) is 3.41. The summed E-state index contributed by atoms with van der Waals surface area (Å²) in [4.78, 5) is 24.4. The van der Waals surface area contributed by atoms with Crippen molar-refractivity contribution in [2.45, 2.75) is 6.92 Å². The summed E-state index contributed by atoms with van der Waals surface area (Å²) < 4.78 is 4.66.